The van der Waals surface area contributed by atoms with Crippen molar-refractivity contribution in [3.8, 4) is 0 Å². The lowest BCUT2D eigenvalue weighted by atomic mass is 10.1. The zero-order valence-corrected chi connectivity index (χ0v) is 12.6. The highest BCUT2D eigenvalue weighted by Crippen LogP contribution is 2.10. The lowest BCUT2D eigenvalue weighted by Gasteiger charge is -2.07. The summed E-state index contributed by atoms with van der Waals surface area (Å²) in [6, 6.07) is 10.3. The summed E-state index contributed by atoms with van der Waals surface area (Å²) >= 11 is 0. The van der Waals surface area contributed by atoms with Gasteiger partial charge in [0.15, 0.2) is 0 Å². The number of halogens is 2. The number of hydrogen-bond acceptors (Lipinski definition) is 3. The SMILES string of the molecule is O=C(NCc1ccc(Cn2cncn2)cc1)c1cc(F)ccc1F. The van der Waals surface area contributed by atoms with Gasteiger partial charge in [-0.3, -0.25) is 4.79 Å². The lowest BCUT2D eigenvalue weighted by Crippen LogP contribution is -2.24. The average molecular weight is 328 g/mol. The summed E-state index contributed by atoms with van der Waals surface area (Å²) in [5.41, 5.74) is 1.58. The Morgan fingerprint density at radius 1 is 1.08 bits per heavy atom. The van der Waals surface area contributed by atoms with Crippen LogP contribution in [0.1, 0.15) is 21.5 Å². The number of nitrogens with one attached hydrogen (secondary N) is 1. The number of rotatable bonds is 5. The van der Waals surface area contributed by atoms with E-state index < -0.39 is 17.5 Å². The maximum Gasteiger partial charge on any atom is 0.254 e. The van der Waals surface area contributed by atoms with Crippen molar-refractivity contribution in [1.29, 1.82) is 0 Å². The van der Waals surface area contributed by atoms with E-state index in [1.165, 1.54) is 6.33 Å². The van der Waals surface area contributed by atoms with Gasteiger partial charge in [-0.25, -0.2) is 18.4 Å². The molecule has 0 aliphatic carbocycles. The van der Waals surface area contributed by atoms with Crippen molar-refractivity contribution < 1.29 is 13.6 Å². The van der Waals surface area contributed by atoms with Crippen molar-refractivity contribution in [2.24, 2.45) is 0 Å². The van der Waals surface area contributed by atoms with Crippen LogP contribution >= 0.6 is 0 Å². The van der Waals surface area contributed by atoms with Crippen LogP contribution in [0.2, 0.25) is 0 Å². The van der Waals surface area contributed by atoms with Crippen molar-refractivity contribution in [3.63, 3.8) is 0 Å². The molecule has 0 aliphatic heterocycles. The minimum absolute atomic E-state index is 0.221. The first-order chi connectivity index (χ1) is 11.6. The van der Waals surface area contributed by atoms with Gasteiger partial charge in [-0.2, -0.15) is 5.10 Å². The summed E-state index contributed by atoms with van der Waals surface area (Å²) < 4.78 is 28.3. The number of benzene rings is 2. The predicted octanol–water partition coefficient (Wildman–Crippen LogP) is 2.53. The smallest absolute Gasteiger partial charge is 0.254 e. The molecule has 0 aliphatic rings. The molecule has 1 heterocycles. The molecule has 5 nitrogen and oxygen atoms in total. The predicted molar refractivity (Wildman–Crippen MR) is 83.1 cm³/mol. The van der Waals surface area contributed by atoms with Crippen LogP contribution in [0.5, 0.6) is 0 Å². The third-order valence-corrected chi connectivity index (χ3v) is 3.46. The van der Waals surface area contributed by atoms with Gasteiger partial charge in [0.1, 0.15) is 24.3 Å². The fourth-order valence-electron chi connectivity index (χ4n) is 2.21. The molecule has 0 saturated heterocycles. The molecule has 3 rings (SSSR count). The van der Waals surface area contributed by atoms with Crippen LogP contribution in [0.4, 0.5) is 8.78 Å². The minimum Gasteiger partial charge on any atom is -0.348 e. The van der Waals surface area contributed by atoms with Gasteiger partial charge in [0.25, 0.3) is 5.91 Å². The van der Waals surface area contributed by atoms with E-state index in [-0.39, 0.29) is 12.1 Å². The van der Waals surface area contributed by atoms with Gasteiger partial charge in [-0.05, 0) is 29.3 Å². The number of aromatic nitrogens is 3. The highest BCUT2D eigenvalue weighted by atomic mass is 19.1. The molecular formula is C17H14F2N4O. The fourth-order valence-corrected chi connectivity index (χ4v) is 2.21. The van der Waals surface area contributed by atoms with E-state index >= 15 is 0 Å². The topological polar surface area (TPSA) is 59.8 Å². The molecule has 0 fully saturated rings. The third kappa shape index (κ3) is 3.81. The Hall–Kier alpha value is -3.09. The van der Waals surface area contributed by atoms with E-state index in [1.807, 2.05) is 24.3 Å². The van der Waals surface area contributed by atoms with E-state index in [1.54, 1.807) is 11.0 Å². The largest absolute Gasteiger partial charge is 0.348 e. The number of carbonyl (C=O) groups excluding carboxylic acids is 1. The zero-order chi connectivity index (χ0) is 16.9. The van der Waals surface area contributed by atoms with Crippen molar-refractivity contribution >= 4 is 5.91 Å². The van der Waals surface area contributed by atoms with E-state index in [9.17, 15) is 13.6 Å². The molecule has 0 atom stereocenters. The number of amides is 1. The first-order valence-electron chi connectivity index (χ1n) is 7.25. The summed E-state index contributed by atoms with van der Waals surface area (Å²) in [6.07, 6.45) is 3.09. The quantitative estimate of drug-likeness (QED) is 0.783. The summed E-state index contributed by atoms with van der Waals surface area (Å²) in [5, 5.41) is 6.60. The van der Waals surface area contributed by atoms with Crippen molar-refractivity contribution in [2.45, 2.75) is 13.1 Å². The maximum atomic E-state index is 13.5. The minimum atomic E-state index is -0.753. The van der Waals surface area contributed by atoms with Crippen LogP contribution in [0, 0.1) is 11.6 Å². The summed E-state index contributed by atoms with van der Waals surface area (Å²) in [4.78, 5) is 15.8. The zero-order valence-electron chi connectivity index (χ0n) is 12.6. The molecule has 0 radical (unpaired) electrons. The molecule has 122 valence electrons. The maximum absolute atomic E-state index is 13.5. The standard InChI is InChI=1S/C17H14F2N4O/c18-14-5-6-16(19)15(7-14)17(24)21-8-12-1-3-13(4-2-12)9-23-11-20-10-22-23/h1-7,10-11H,8-9H2,(H,21,24). The summed E-state index contributed by atoms with van der Waals surface area (Å²) in [6.45, 7) is 0.819. The summed E-state index contributed by atoms with van der Waals surface area (Å²) in [5.74, 6) is -2.06. The fraction of sp³-hybridized carbons (Fsp3) is 0.118. The molecule has 0 bridgehead atoms. The van der Waals surface area contributed by atoms with Crippen LogP contribution in [0.25, 0.3) is 0 Å². The molecule has 2 aromatic carbocycles. The summed E-state index contributed by atoms with van der Waals surface area (Å²) in [7, 11) is 0. The number of hydrogen-bond donors (Lipinski definition) is 1. The molecule has 3 aromatic rings. The molecule has 7 heteroatoms. The Morgan fingerprint density at radius 3 is 2.54 bits per heavy atom. The van der Waals surface area contributed by atoms with Gasteiger partial charge in [-0.1, -0.05) is 24.3 Å². The normalized spacial score (nSPS) is 10.6. The van der Waals surface area contributed by atoms with Crippen molar-refractivity contribution in [2.75, 3.05) is 0 Å². The first kappa shape index (κ1) is 15.8. The molecule has 1 aromatic heterocycles. The second kappa shape index (κ2) is 6.99. The van der Waals surface area contributed by atoms with Crippen LogP contribution < -0.4 is 5.32 Å². The van der Waals surface area contributed by atoms with Gasteiger partial charge in [0.2, 0.25) is 0 Å². The first-order valence-corrected chi connectivity index (χ1v) is 7.25. The number of carbonyl (C=O) groups is 1. The molecule has 24 heavy (non-hydrogen) atoms. The van der Waals surface area contributed by atoms with Gasteiger partial charge in [0, 0.05) is 6.54 Å². The lowest BCUT2D eigenvalue weighted by molar-refractivity contribution is 0.0946. The van der Waals surface area contributed by atoms with E-state index in [0.717, 1.165) is 29.3 Å². The monoisotopic (exact) mass is 328 g/mol. The highest BCUT2D eigenvalue weighted by molar-refractivity contribution is 5.94. The Morgan fingerprint density at radius 2 is 1.83 bits per heavy atom. The van der Waals surface area contributed by atoms with Crippen LogP contribution in [-0.4, -0.2) is 20.7 Å². The Kier molecular flexibility index (Phi) is 4.60. The second-order valence-corrected chi connectivity index (χ2v) is 5.22. The van der Waals surface area contributed by atoms with Crippen LogP contribution in [0.15, 0.2) is 55.1 Å². The van der Waals surface area contributed by atoms with Gasteiger partial charge >= 0.3 is 0 Å². The van der Waals surface area contributed by atoms with Crippen LogP contribution in [-0.2, 0) is 13.1 Å². The van der Waals surface area contributed by atoms with Gasteiger partial charge in [-0.15, -0.1) is 0 Å². The van der Waals surface area contributed by atoms with Gasteiger partial charge in [0.05, 0.1) is 12.1 Å². The average Bonchev–Trinajstić information content (AvgIpc) is 3.09. The molecule has 0 saturated carbocycles. The molecule has 1 amide bonds. The van der Waals surface area contributed by atoms with E-state index in [2.05, 4.69) is 15.4 Å². The van der Waals surface area contributed by atoms with Crippen molar-refractivity contribution in [1.82, 2.24) is 20.1 Å². The third-order valence-electron chi connectivity index (χ3n) is 3.46. The Balaban J connectivity index is 1.60. The van der Waals surface area contributed by atoms with Gasteiger partial charge < -0.3 is 5.32 Å². The van der Waals surface area contributed by atoms with Crippen LogP contribution in [0.3, 0.4) is 0 Å². The molecule has 0 unspecified atom stereocenters. The molecular weight excluding hydrogens is 314 g/mol. The molecule has 1 N–H and O–H groups in total. The van der Waals surface area contributed by atoms with E-state index in [0.29, 0.717) is 6.54 Å². The Bertz CT molecular complexity index is 832. The van der Waals surface area contributed by atoms with Crippen molar-refractivity contribution in [3.05, 3.63) is 83.4 Å². The number of nitrogens with zero attached hydrogens (tertiary/aromatic N) is 3. The Labute approximate surface area is 137 Å². The second-order valence-electron chi connectivity index (χ2n) is 5.22. The highest BCUT2D eigenvalue weighted by Gasteiger charge is 2.12. The van der Waals surface area contributed by atoms with E-state index in [4.69, 9.17) is 0 Å². The molecule has 0 spiro atoms.